The van der Waals surface area contributed by atoms with Crippen LogP contribution < -0.4 is 10.6 Å². The van der Waals surface area contributed by atoms with E-state index in [1.54, 1.807) is 36.4 Å². The Balaban J connectivity index is 1.48. The highest BCUT2D eigenvalue weighted by atomic mass is 35.5. The molecule has 0 spiro atoms. The van der Waals surface area contributed by atoms with E-state index in [1.807, 2.05) is 13.0 Å². The first-order chi connectivity index (χ1) is 13.3. The van der Waals surface area contributed by atoms with E-state index in [0.29, 0.717) is 21.4 Å². The molecule has 0 unspecified atom stereocenters. The lowest BCUT2D eigenvalue weighted by molar-refractivity contribution is 0.102. The van der Waals surface area contributed by atoms with Crippen LogP contribution in [0.4, 0.5) is 11.4 Å². The van der Waals surface area contributed by atoms with Gasteiger partial charge in [0.15, 0.2) is 15.0 Å². The summed E-state index contributed by atoms with van der Waals surface area (Å²) < 4.78 is 23.4. The van der Waals surface area contributed by atoms with Crippen LogP contribution in [0.15, 0.2) is 47.5 Å². The van der Waals surface area contributed by atoms with E-state index in [0.717, 1.165) is 11.3 Å². The van der Waals surface area contributed by atoms with Crippen LogP contribution in [-0.4, -0.2) is 42.3 Å². The molecule has 0 aliphatic carbocycles. The Morgan fingerprint density at radius 1 is 1.18 bits per heavy atom. The first-order valence-corrected chi connectivity index (χ1v) is 11.8. The number of nitrogens with one attached hydrogen (secondary N) is 2. The zero-order valence-corrected chi connectivity index (χ0v) is 17.4. The molecule has 0 aromatic heterocycles. The molecular weight excluding hydrogens is 418 g/mol. The molecule has 0 saturated carbocycles. The zero-order valence-electron chi connectivity index (χ0n) is 15.0. The number of aryl methyl sites for hydroxylation is 1. The van der Waals surface area contributed by atoms with Crippen molar-refractivity contribution in [2.24, 2.45) is 4.99 Å². The molecule has 2 aromatic carbocycles. The molecule has 0 bridgehead atoms. The molecule has 146 valence electrons. The third kappa shape index (κ3) is 4.19. The van der Waals surface area contributed by atoms with Crippen LogP contribution in [0.25, 0.3) is 0 Å². The highest BCUT2D eigenvalue weighted by Crippen LogP contribution is 2.35. The van der Waals surface area contributed by atoms with Gasteiger partial charge in [-0.1, -0.05) is 29.4 Å². The van der Waals surface area contributed by atoms with Gasteiger partial charge in [-0.2, -0.15) is 0 Å². The second-order valence-electron chi connectivity index (χ2n) is 6.85. The quantitative estimate of drug-likeness (QED) is 0.769. The van der Waals surface area contributed by atoms with Gasteiger partial charge in [0.25, 0.3) is 5.91 Å². The molecule has 6 nitrogen and oxygen atoms in total. The Morgan fingerprint density at radius 2 is 1.93 bits per heavy atom. The lowest BCUT2D eigenvalue weighted by Gasteiger charge is -2.12. The number of rotatable bonds is 3. The minimum Gasteiger partial charge on any atom is -0.335 e. The highest BCUT2D eigenvalue weighted by molar-refractivity contribution is 8.15. The van der Waals surface area contributed by atoms with Crippen molar-refractivity contribution < 1.29 is 13.2 Å². The van der Waals surface area contributed by atoms with Gasteiger partial charge < -0.3 is 10.6 Å². The van der Waals surface area contributed by atoms with Crippen molar-refractivity contribution in [3.05, 3.63) is 58.6 Å². The average Bonchev–Trinajstić information content (AvgIpc) is 3.11. The normalized spacial score (nSPS) is 22.4. The molecular formula is C19H18ClN3O3S2. The molecule has 2 heterocycles. The van der Waals surface area contributed by atoms with Crippen molar-refractivity contribution in [3.8, 4) is 0 Å². The summed E-state index contributed by atoms with van der Waals surface area (Å²) in [5.74, 6) is 0.0482. The largest absolute Gasteiger partial charge is 0.335 e. The summed E-state index contributed by atoms with van der Waals surface area (Å²) >= 11 is 7.32. The average molecular weight is 436 g/mol. The van der Waals surface area contributed by atoms with Gasteiger partial charge in [-0.25, -0.2) is 8.42 Å². The van der Waals surface area contributed by atoms with Gasteiger partial charge in [0.05, 0.1) is 17.5 Å². The molecule has 2 aliphatic rings. The van der Waals surface area contributed by atoms with Crippen LogP contribution in [0, 0.1) is 6.92 Å². The zero-order chi connectivity index (χ0) is 19.9. The summed E-state index contributed by atoms with van der Waals surface area (Å²) in [6.45, 7) is 1.94. The Morgan fingerprint density at radius 3 is 2.64 bits per heavy atom. The van der Waals surface area contributed by atoms with Gasteiger partial charge in [0.2, 0.25) is 0 Å². The lowest BCUT2D eigenvalue weighted by atomic mass is 10.1. The van der Waals surface area contributed by atoms with Crippen molar-refractivity contribution in [1.29, 1.82) is 0 Å². The van der Waals surface area contributed by atoms with Crippen LogP contribution in [0.3, 0.4) is 0 Å². The molecule has 2 atom stereocenters. The summed E-state index contributed by atoms with van der Waals surface area (Å²) in [5, 5.41) is 7.37. The van der Waals surface area contributed by atoms with Crippen molar-refractivity contribution in [2.75, 3.05) is 22.1 Å². The fourth-order valence-electron chi connectivity index (χ4n) is 3.17. The highest BCUT2D eigenvalue weighted by Gasteiger charge is 2.42. The van der Waals surface area contributed by atoms with E-state index >= 15 is 0 Å². The number of amidine groups is 1. The number of benzene rings is 2. The van der Waals surface area contributed by atoms with Crippen molar-refractivity contribution in [2.45, 2.75) is 18.2 Å². The van der Waals surface area contributed by atoms with Crippen molar-refractivity contribution in [3.63, 3.8) is 0 Å². The number of aliphatic imine (C=N–C) groups is 1. The van der Waals surface area contributed by atoms with Crippen molar-refractivity contribution in [1.82, 2.24) is 0 Å². The van der Waals surface area contributed by atoms with Crippen molar-refractivity contribution >= 4 is 55.6 Å². The molecule has 0 radical (unpaired) electrons. The SMILES string of the molecule is Cc1ccc(C(=O)Nc2ccc(Cl)cc2)cc1NC1=N[C@H]2CS(=O)(=O)C[C@H]2S1. The van der Waals surface area contributed by atoms with E-state index in [4.69, 9.17) is 11.6 Å². The van der Waals surface area contributed by atoms with Gasteiger partial charge in [-0.3, -0.25) is 9.79 Å². The van der Waals surface area contributed by atoms with Gasteiger partial charge in [0, 0.05) is 27.2 Å². The minimum atomic E-state index is -2.98. The summed E-state index contributed by atoms with van der Waals surface area (Å²) in [6, 6.07) is 12.1. The number of thioether (sulfide) groups is 1. The Labute approximate surface area is 172 Å². The van der Waals surface area contributed by atoms with Gasteiger partial charge >= 0.3 is 0 Å². The molecule has 4 rings (SSSR count). The molecule has 2 aliphatic heterocycles. The molecule has 28 heavy (non-hydrogen) atoms. The maximum atomic E-state index is 12.6. The number of carbonyl (C=O) groups excluding carboxylic acids is 1. The van der Waals surface area contributed by atoms with Crippen LogP contribution in [0.5, 0.6) is 0 Å². The number of fused-ring (bicyclic) bond motifs is 1. The molecule has 1 saturated heterocycles. The Kier molecular flexibility index (Phi) is 5.11. The number of halogens is 1. The summed E-state index contributed by atoms with van der Waals surface area (Å²) in [4.78, 5) is 17.1. The first-order valence-electron chi connectivity index (χ1n) is 8.68. The standard InChI is InChI=1S/C19H18ClN3O3S2/c1-11-2-3-12(18(24)21-14-6-4-13(20)5-7-14)8-15(11)22-19-23-16-9-28(25,26)10-17(16)27-19/h2-8,16-17H,9-10H2,1H3,(H,21,24)(H,22,23)/t16-,17+/m0/s1. The first kappa shape index (κ1) is 19.3. The molecule has 1 amide bonds. The number of hydrogen-bond acceptors (Lipinski definition) is 6. The van der Waals surface area contributed by atoms with Gasteiger partial charge in [-0.15, -0.1) is 0 Å². The van der Waals surface area contributed by atoms with E-state index in [9.17, 15) is 13.2 Å². The third-order valence-corrected chi connectivity index (χ3v) is 8.06. The minimum absolute atomic E-state index is 0.0239. The Hall–Kier alpha value is -2.03. The van der Waals surface area contributed by atoms with Gasteiger partial charge in [-0.05, 0) is 48.9 Å². The Bertz CT molecular complexity index is 1070. The molecule has 9 heteroatoms. The molecule has 1 fully saturated rings. The van der Waals surface area contributed by atoms with E-state index in [-0.39, 0.29) is 28.7 Å². The van der Waals surface area contributed by atoms with E-state index in [1.165, 1.54) is 11.8 Å². The van der Waals surface area contributed by atoms with Crippen LogP contribution >= 0.6 is 23.4 Å². The van der Waals surface area contributed by atoms with Gasteiger partial charge in [0.1, 0.15) is 0 Å². The predicted octanol–water partition coefficient (Wildman–Crippen LogP) is 3.58. The predicted molar refractivity (Wildman–Crippen MR) is 115 cm³/mol. The second-order valence-corrected chi connectivity index (χ2v) is 10.7. The topological polar surface area (TPSA) is 87.6 Å². The number of carbonyl (C=O) groups is 1. The number of sulfone groups is 1. The number of nitrogens with zero attached hydrogens (tertiary/aromatic N) is 1. The maximum Gasteiger partial charge on any atom is 0.255 e. The maximum absolute atomic E-state index is 12.6. The lowest BCUT2D eigenvalue weighted by Crippen LogP contribution is -2.14. The second kappa shape index (κ2) is 7.42. The summed E-state index contributed by atoms with van der Waals surface area (Å²) in [7, 11) is -2.98. The van der Waals surface area contributed by atoms with E-state index in [2.05, 4.69) is 15.6 Å². The molecule has 2 aromatic rings. The fourth-order valence-corrected chi connectivity index (χ4v) is 6.96. The molecule has 2 N–H and O–H groups in total. The van der Waals surface area contributed by atoms with Crippen LogP contribution in [-0.2, 0) is 9.84 Å². The summed E-state index contributed by atoms with van der Waals surface area (Å²) in [5.41, 5.74) is 2.91. The van der Waals surface area contributed by atoms with Crippen LogP contribution in [0.2, 0.25) is 5.02 Å². The monoisotopic (exact) mass is 435 g/mol. The number of amides is 1. The van der Waals surface area contributed by atoms with E-state index < -0.39 is 9.84 Å². The fraction of sp³-hybridized carbons (Fsp3) is 0.263. The number of hydrogen-bond donors (Lipinski definition) is 2. The van der Waals surface area contributed by atoms with Crippen LogP contribution in [0.1, 0.15) is 15.9 Å². The number of anilines is 2. The summed E-state index contributed by atoms with van der Waals surface area (Å²) in [6.07, 6.45) is 0. The smallest absolute Gasteiger partial charge is 0.255 e. The third-order valence-electron chi connectivity index (χ3n) is 4.66.